The largest absolute Gasteiger partial charge is 0.493 e. The van der Waals surface area contributed by atoms with Gasteiger partial charge >= 0.3 is 0 Å². The van der Waals surface area contributed by atoms with E-state index in [1.54, 1.807) is 12.3 Å². The Balaban J connectivity index is 2.31. The summed E-state index contributed by atoms with van der Waals surface area (Å²) in [5.74, 6) is 0.505. The fourth-order valence-corrected chi connectivity index (χ4v) is 1.63. The van der Waals surface area contributed by atoms with E-state index in [9.17, 15) is 4.39 Å². The molecule has 0 aliphatic rings. The van der Waals surface area contributed by atoms with Crippen LogP contribution >= 0.6 is 0 Å². The second-order valence-electron chi connectivity index (χ2n) is 3.94. The standard InChI is InChI=1S/C13H15FN4O/c1-3-19-12-5-4-11(14)6-10(12)7-16-18-8-9(2)17-13(18)15/h4-8H,3H2,1-2H3,(H2,15,17). The normalized spacial score (nSPS) is 11.1. The van der Waals surface area contributed by atoms with Gasteiger partial charge in [0, 0.05) is 5.56 Å². The van der Waals surface area contributed by atoms with Crippen LogP contribution in [0, 0.1) is 12.7 Å². The molecule has 1 aromatic heterocycles. The molecular formula is C13H15FN4O. The molecule has 0 unspecified atom stereocenters. The number of ether oxygens (including phenoxy) is 1. The number of hydrogen-bond donors (Lipinski definition) is 1. The van der Waals surface area contributed by atoms with Crippen LogP contribution in [0.5, 0.6) is 5.75 Å². The first-order valence-corrected chi connectivity index (χ1v) is 5.88. The Morgan fingerprint density at radius 1 is 1.53 bits per heavy atom. The SMILES string of the molecule is CCOc1ccc(F)cc1C=Nn1cc(C)nc1N. The van der Waals surface area contributed by atoms with Crippen LogP contribution in [-0.4, -0.2) is 22.5 Å². The van der Waals surface area contributed by atoms with Crippen molar-refractivity contribution in [2.24, 2.45) is 5.10 Å². The van der Waals surface area contributed by atoms with E-state index in [0.29, 0.717) is 17.9 Å². The monoisotopic (exact) mass is 262 g/mol. The topological polar surface area (TPSA) is 65.4 Å². The number of benzene rings is 1. The average Bonchev–Trinajstić information content (AvgIpc) is 2.68. The van der Waals surface area contributed by atoms with Crippen molar-refractivity contribution in [2.45, 2.75) is 13.8 Å². The number of rotatable bonds is 4. The lowest BCUT2D eigenvalue weighted by Gasteiger charge is -2.06. The summed E-state index contributed by atoms with van der Waals surface area (Å²) < 4.78 is 20.1. The number of imidazole rings is 1. The van der Waals surface area contributed by atoms with E-state index >= 15 is 0 Å². The number of nitrogen functional groups attached to an aromatic ring is 1. The van der Waals surface area contributed by atoms with Crippen molar-refractivity contribution in [3.63, 3.8) is 0 Å². The Kier molecular flexibility index (Phi) is 3.79. The van der Waals surface area contributed by atoms with Crippen LogP contribution in [0.3, 0.4) is 0 Å². The molecule has 0 saturated carbocycles. The lowest BCUT2D eigenvalue weighted by molar-refractivity contribution is 0.339. The Labute approximate surface area is 110 Å². The summed E-state index contributed by atoms with van der Waals surface area (Å²) in [5, 5.41) is 4.14. The van der Waals surface area contributed by atoms with Crippen LogP contribution < -0.4 is 10.5 Å². The van der Waals surface area contributed by atoms with Crippen LogP contribution in [0.25, 0.3) is 0 Å². The van der Waals surface area contributed by atoms with Crippen LogP contribution in [0.4, 0.5) is 10.3 Å². The summed E-state index contributed by atoms with van der Waals surface area (Å²) in [6.45, 7) is 4.18. The number of hydrogen-bond acceptors (Lipinski definition) is 4. The fourth-order valence-electron chi connectivity index (χ4n) is 1.63. The first kappa shape index (κ1) is 13.1. The van der Waals surface area contributed by atoms with E-state index in [2.05, 4.69) is 10.1 Å². The maximum absolute atomic E-state index is 13.2. The number of anilines is 1. The van der Waals surface area contributed by atoms with Crippen molar-refractivity contribution >= 4 is 12.2 Å². The molecule has 2 N–H and O–H groups in total. The molecule has 19 heavy (non-hydrogen) atoms. The van der Waals surface area contributed by atoms with E-state index < -0.39 is 0 Å². The highest BCUT2D eigenvalue weighted by molar-refractivity contribution is 5.83. The average molecular weight is 262 g/mol. The van der Waals surface area contributed by atoms with Crippen molar-refractivity contribution in [3.05, 3.63) is 41.5 Å². The third kappa shape index (κ3) is 3.09. The third-order valence-electron chi connectivity index (χ3n) is 2.43. The van der Waals surface area contributed by atoms with Gasteiger partial charge in [0.2, 0.25) is 5.95 Å². The maximum Gasteiger partial charge on any atom is 0.221 e. The first-order valence-electron chi connectivity index (χ1n) is 5.88. The molecule has 0 amide bonds. The minimum Gasteiger partial charge on any atom is -0.493 e. The smallest absolute Gasteiger partial charge is 0.221 e. The zero-order chi connectivity index (χ0) is 13.8. The van der Waals surface area contributed by atoms with Crippen LogP contribution in [0.15, 0.2) is 29.5 Å². The van der Waals surface area contributed by atoms with E-state index in [1.807, 2.05) is 13.8 Å². The third-order valence-corrected chi connectivity index (χ3v) is 2.43. The molecule has 0 atom stereocenters. The van der Waals surface area contributed by atoms with Gasteiger partial charge < -0.3 is 10.5 Å². The molecule has 6 heteroatoms. The van der Waals surface area contributed by atoms with Crippen molar-refractivity contribution < 1.29 is 9.13 Å². The van der Waals surface area contributed by atoms with Crippen LogP contribution in [0.1, 0.15) is 18.2 Å². The molecule has 0 aliphatic carbocycles. The second-order valence-corrected chi connectivity index (χ2v) is 3.94. The van der Waals surface area contributed by atoms with Crippen molar-refractivity contribution in [1.29, 1.82) is 0 Å². The molecule has 2 aromatic rings. The summed E-state index contributed by atoms with van der Waals surface area (Å²) in [7, 11) is 0. The van der Waals surface area contributed by atoms with Crippen LogP contribution in [0.2, 0.25) is 0 Å². The molecule has 0 spiro atoms. The van der Waals surface area contributed by atoms with Gasteiger partial charge in [0.25, 0.3) is 0 Å². The van der Waals surface area contributed by atoms with E-state index in [1.165, 1.54) is 23.0 Å². The minimum atomic E-state index is -0.348. The van der Waals surface area contributed by atoms with Gasteiger partial charge in [-0.2, -0.15) is 5.10 Å². The van der Waals surface area contributed by atoms with E-state index in [4.69, 9.17) is 10.5 Å². The molecular weight excluding hydrogens is 247 g/mol. The molecule has 0 aliphatic heterocycles. The van der Waals surface area contributed by atoms with Gasteiger partial charge in [0.15, 0.2) is 0 Å². The van der Waals surface area contributed by atoms with Crippen molar-refractivity contribution in [2.75, 3.05) is 12.3 Å². The van der Waals surface area contributed by atoms with Gasteiger partial charge in [0.05, 0.1) is 24.7 Å². The van der Waals surface area contributed by atoms with Gasteiger partial charge in [-0.15, -0.1) is 0 Å². The van der Waals surface area contributed by atoms with Gasteiger partial charge in [0.1, 0.15) is 11.6 Å². The van der Waals surface area contributed by atoms with Gasteiger partial charge in [-0.25, -0.2) is 14.1 Å². The molecule has 0 fully saturated rings. The predicted octanol–water partition coefficient (Wildman–Crippen LogP) is 2.19. The van der Waals surface area contributed by atoms with E-state index in [-0.39, 0.29) is 11.8 Å². The van der Waals surface area contributed by atoms with Crippen molar-refractivity contribution in [1.82, 2.24) is 9.66 Å². The number of aromatic nitrogens is 2. The Bertz CT molecular complexity index is 607. The van der Waals surface area contributed by atoms with Crippen LogP contribution in [-0.2, 0) is 0 Å². The molecule has 100 valence electrons. The molecule has 0 radical (unpaired) electrons. The number of nitrogens with zero attached hydrogens (tertiary/aromatic N) is 3. The highest BCUT2D eigenvalue weighted by Gasteiger charge is 2.04. The maximum atomic E-state index is 13.2. The van der Waals surface area contributed by atoms with Gasteiger partial charge in [-0.05, 0) is 32.0 Å². The number of aryl methyl sites for hydroxylation is 1. The summed E-state index contributed by atoms with van der Waals surface area (Å²) in [4.78, 5) is 4.02. The number of nitrogens with two attached hydrogens (primary N) is 1. The molecule has 2 rings (SSSR count). The highest BCUT2D eigenvalue weighted by atomic mass is 19.1. The second kappa shape index (κ2) is 5.51. The summed E-state index contributed by atoms with van der Waals surface area (Å²) in [5.41, 5.74) is 6.98. The van der Waals surface area contributed by atoms with Gasteiger partial charge in [-0.1, -0.05) is 0 Å². The summed E-state index contributed by atoms with van der Waals surface area (Å²) in [6.07, 6.45) is 3.18. The number of halogens is 1. The zero-order valence-corrected chi connectivity index (χ0v) is 10.8. The predicted molar refractivity (Wildman–Crippen MR) is 71.9 cm³/mol. The molecule has 1 heterocycles. The highest BCUT2D eigenvalue weighted by Crippen LogP contribution is 2.18. The van der Waals surface area contributed by atoms with Gasteiger partial charge in [-0.3, -0.25) is 0 Å². The summed E-state index contributed by atoms with van der Waals surface area (Å²) >= 11 is 0. The Hall–Kier alpha value is -2.37. The minimum absolute atomic E-state index is 0.281. The lowest BCUT2D eigenvalue weighted by Crippen LogP contribution is -2.00. The molecule has 5 nitrogen and oxygen atoms in total. The fraction of sp³-hybridized carbons (Fsp3) is 0.231. The molecule has 1 aromatic carbocycles. The summed E-state index contributed by atoms with van der Waals surface area (Å²) in [6, 6.07) is 4.27. The van der Waals surface area contributed by atoms with E-state index in [0.717, 1.165) is 5.69 Å². The Morgan fingerprint density at radius 2 is 2.32 bits per heavy atom. The first-order chi connectivity index (χ1) is 9.10. The molecule has 0 bridgehead atoms. The lowest BCUT2D eigenvalue weighted by atomic mass is 10.2. The molecule has 0 saturated heterocycles. The van der Waals surface area contributed by atoms with Crippen molar-refractivity contribution in [3.8, 4) is 5.75 Å². The zero-order valence-electron chi connectivity index (χ0n) is 10.8. The quantitative estimate of drug-likeness (QED) is 0.859. The Morgan fingerprint density at radius 3 is 2.95 bits per heavy atom.